The van der Waals surface area contributed by atoms with E-state index in [4.69, 9.17) is 0 Å². The lowest BCUT2D eigenvalue weighted by Crippen LogP contribution is -2.41. The molecule has 0 aliphatic carbocycles. The molecular formula is C23H48N2O3. The highest BCUT2D eigenvalue weighted by molar-refractivity contribution is 6.03. The van der Waals surface area contributed by atoms with Gasteiger partial charge in [0, 0.05) is 38.4 Å². The van der Waals surface area contributed by atoms with Crippen LogP contribution < -0.4 is 0 Å². The minimum atomic E-state index is -0.137. The van der Waals surface area contributed by atoms with Crippen molar-refractivity contribution in [3.05, 3.63) is 0 Å². The van der Waals surface area contributed by atoms with Gasteiger partial charge in [-0.1, -0.05) is 68.2 Å². The van der Waals surface area contributed by atoms with E-state index >= 15 is 0 Å². The molecule has 1 unspecified atom stereocenters. The highest BCUT2D eigenvalue weighted by Gasteiger charge is 2.34. The Morgan fingerprint density at radius 2 is 1.39 bits per heavy atom. The van der Waals surface area contributed by atoms with Gasteiger partial charge < -0.3 is 9.69 Å². The third-order valence-electron chi connectivity index (χ3n) is 4.17. The molecular weight excluding hydrogens is 352 g/mol. The molecule has 0 bridgehead atoms. The van der Waals surface area contributed by atoms with Crippen LogP contribution in [0.3, 0.4) is 0 Å². The second kappa shape index (κ2) is 22.1. The van der Waals surface area contributed by atoms with Crippen LogP contribution in [0.25, 0.3) is 0 Å². The molecule has 168 valence electrons. The molecule has 5 heteroatoms. The maximum Gasteiger partial charge on any atom is 0.232 e. The first kappa shape index (κ1) is 31.5. The van der Waals surface area contributed by atoms with Gasteiger partial charge in [-0.25, -0.2) is 0 Å². The second-order valence-electron chi connectivity index (χ2n) is 6.68. The molecule has 2 heterocycles. The van der Waals surface area contributed by atoms with E-state index in [0.717, 1.165) is 37.9 Å². The second-order valence-corrected chi connectivity index (χ2v) is 6.68. The summed E-state index contributed by atoms with van der Waals surface area (Å²) in [6.07, 6.45) is 5.62. The van der Waals surface area contributed by atoms with Gasteiger partial charge in [0.05, 0.1) is 0 Å². The Morgan fingerprint density at radius 3 is 1.71 bits per heavy atom. The molecule has 0 radical (unpaired) electrons. The highest BCUT2D eigenvalue weighted by atomic mass is 16.2. The molecule has 2 rings (SSSR count). The molecule has 28 heavy (non-hydrogen) atoms. The van der Waals surface area contributed by atoms with Gasteiger partial charge in [0.2, 0.25) is 11.8 Å². The summed E-state index contributed by atoms with van der Waals surface area (Å²) in [4.78, 5) is 36.7. The van der Waals surface area contributed by atoms with Gasteiger partial charge >= 0.3 is 0 Å². The van der Waals surface area contributed by atoms with Crippen LogP contribution in [0.4, 0.5) is 0 Å². The summed E-state index contributed by atoms with van der Waals surface area (Å²) >= 11 is 0. The molecule has 0 saturated carbocycles. The monoisotopic (exact) mass is 400 g/mol. The Hall–Kier alpha value is -1.23. The Kier molecular flexibility index (Phi) is 24.8. The molecule has 5 nitrogen and oxygen atoms in total. The van der Waals surface area contributed by atoms with Gasteiger partial charge in [0.15, 0.2) is 0 Å². The van der Waals surface area contributed by atoms with Gasteiger partial charge in [-0.15, -0.1) is 0 Å². The summed E-state index contributed by atoms with van der Waals surface area (Å²) in [5.74, 6) is 0.765. The van der Waals surface area contributed by atoms with Crippen LogP contribution in [0.5, 0.6) is 0 Å². The Balaban J connectivity index is -0.000000430. The number of likely N-dealkylation sites (tertiary alicyclic amines) is 2. The molecule has 2 fully saturated rings. The van der Waals surface area contributed by atoms with E-state index < -0.39 is 0 Å². The number of aldehydes is 1. The van der Waals surface area contributed by atoms with E-state index in [9.17, 15) is 14.4 Å². The van der Waals surface area contributed by atoms with Crippen molar-refractivity contribution >= 4 is 18.1 Å². The van der Waals surface area contributed by atoms with E-state index in [2.05, 4.69) is 18.9 Å². The summed E-state index contributed by atoms with van der Waals surface area (Å²) in [6, 6.07) is 0. The van der Waals surface area contributed by atoms with Crippen LogP contribution in [0.1, 0.15) is 93.9 Å². The van der Waals surface area contributed by atoms with Crippen LogP contribution in [0, 0.1) is 11.8 Å². The average molecular weight is 401 g/mol. The van der Waals surface area contributed by atoms with Gasteiger partial charge in [-0.3, -0.25) is 14.5 Å². The highest BCUT2D eigenvalue weighted by Crippen LogP contribution is 2.19. The molecule has 1 atom stereocenters. The zero-order valence-electron chi connectivity index (χ0n) is 20.2. The van der Waals surface area contributed by atoms with Crippen molar-refractivity contribution in [1.29, 1.82) is 0 Å². The fourth-order valence-corrected chi connectivity index (χ4v) is 2.95. The molecule has 2 amide bonds. The van der Waals surface area contributed by atoms with Crippen molar-refractivity contribution in [2.45, 2.75) is 93.9 Å². The number of carbonyl (C=O) groups excluding carboxylic acids is 3. The predicted octanol–water partition coefficient (Wildman–Crippen LogP) is 5.18. The van der Waals surface area contributed by atoms with Gasteiger partial charge in [-0.2, -0.15) is 0 Å². The SMILES string of the molecule is CC.CC.CC.CC1CC(=O)N(CCCCCCC=O)C1=O.CC1CN(C)C1. The van der Waals surface area contributed by atoms with Crippen molar-refractivity contribution in [3.63, 3.8) is 0 Å². The third-order valence-corrected chi connectivity index (χ3v) is 4.17. The Morgan fingerprint density at radius 1 is 0.893 bits per heavy atom. The van der Waals surface area contributed by atoms with Crippen LogP contribution in [-0.2, 0) is 14.4 Å². The summed E-state index contributed by atoms with van der Waals surface area (Å²) in [6.45, 7) is 19.2. The minimum Gasteiger partial charge on any atom is -0.306 e. The number of unbranched alkanes of at least 4 members (excludes halogenated alkanes) is 4. The predicted molar refractivity (Wildman–Crippen MR) is 120 cm³/mol. The number of amides is 2. The summed E-state index contributed by atoms with van der Waals surface area (Å²) in [5.41, 5.74) is 0. The normalized spacial score (nSPS) is 18.2. The van der Waals surface area contributed by atoms with E-state index in [1.165, 1.54) is 18.0 Å². The fourth-order valence-electron chi connectivity index (χ4n) is 2.95. The van der Waals surface area contributed by atoms with Crippen molar-refractivity contribution in [2.75, 3.05) is 26.7 Å². The lowest BCUT2D eigenvalue weighted by atomic mass is 10.1. The number of carbonyl (C=O) groups is 3. The maximum atomic E-state index is 11.5. The zero-order chi connectivity index (χ0) is 22.5. The van der Waals surface area contributed by atoms with Crippen molar-refractivity contribution in [2.24, 2.45) is 11.8 Å². The first-order chi connectivity index (χ1) is 13.5. The number of imide groups is 1. The summed E-state index contributed by atoms with van der Waals surface area (Å²) in [5, 5.41) is 0. The molecule has 0 aromatic rings. The number of rotatable bonds is 7. The topological polar surface area (TPSA) is 57.7 Å². The molecule has 0 aromatic heterocycles. The molecule has 0 spiro atoms. The molecule has 2 aliphatic heterocycles. The first-order valence-electron chi connectivity index (χ1n) is 11.4. The van der Waals surface area contributed by atoms with Gasteiger partial charge in [-0.05, 0) is 25.8 Å². The molecule has 2 saturated heterocycles. The summed E-state index contributed by atoms with van der Waals surface area (Å²) in [7, 11) is 2.15. The Bertz CT molecular complexity index is 374. The molecule has 0 aromatic carbocycles. The number of hydrogen-bond donors (Lipinski definition) is 0. The lowest BCUT2D eigenvalue weighted by Gasteiger charge is -2.33. The fraction of sp³-hybridized carbons (Fsp3) is 0.870. The van der Waals surface area contributed by atoms with Crippen LogP contribution in [0.2, 0.25) is 0 Å². The third kappa shape index (κ3) is 14.8. The van der Waals surface area contributed by atoms with E-state index in [-0.39, 0.29) is 17.7 Å². The quantitative estimate of drug-likeness (QED) is 0.336. The smallest absolute Gasteiger partial charge is 0.232 e. The standard InChI is InChI=1S/C12H19NO3.C5H11N.3C2H6/c1-10-9-11(15)13(12(10)16)7-5-3-2-4-6-8-14;1-5-3-6(2)4-5;3*1-2/h8,10H,2-7,9H2,1H3;5H,3-4H2,1-2H3;3*1-2H3. The lowest BCUT2D eigenvalue weighted by molar-refractivity contribution is -0.139. The number of hydrogen-bond acceptors (Lipinski definition) is 4. The van der Waals surface area contributed by atoms with Gasteiger partial charge in [0.25, 0.3) is 0 Å². The minimum absolute atomic E-state index is 0.0297. The largest absolute Gasteiger partial charge is 0.306 e. The van der Waals surface area contributed by atoms with Crippen LogP contribution >= 0.6 is 0 Å². The Labute approximate surface area is 175 Å². The van der Waals surface area contributed by atoms with Crippen LogP contribution in [-0.4, -0.2) is 54.6 Å². The van der Waals surface area contributed by atoms with E-state index in [1.54, 1.807) is 6.92 Å². The van der Waals surface area contributed by atoms with Gasteiger partial charge in [0.1, 0.15) is 6.29 Å². The maximum absolute atomic E-state index is 11.5. The number of nitrogens with zero attached hydrogens (tertiary/aromatic N) is 2. The summed E-state index contributed by atoms with van der Waals surface area (Å²) < 4.78 is 0. The molecule has 0 N–H and O–H groups in total. The molecule has 2 aliphatic rings. The van der Waals surface area contributed by atoms with Crippen LogP contribution in [0.15, 0.2) is 0 Å². The van der Waals surface area contributed by atoms with Crippen molar-refractivity contribution in [1.82, 2.24) is 9.80 Å². The average Bonchev–Trinajstić information content (AvgIpc) is 2.94. The van der Waals surface area contributed by atoms with E-state index in [0.29, 0.717) is 19.4 Å². The van der Waals surface area contributed by atoms with E-state index in [1.807, 2.05) is 41.5 Å². The first-order valence-corrected chi connectivity index (χ1v) is 11.4. The zero-order valence-corrected chi connectivity index (χ0v) is 20.2. The van der Waals surface area contributed by atoms with Crippen molar-refractivity contribution < 1.29 is 14.4 Å². The van der Waals surface area contributed by atoms with Crippen molar-refractivity contribution in [3.8, 4) is 0 Å².